The number of carboxylic acid groups (broad SMARTS) is 1. The average molecular weight is 346 g/mol. The number of hydrogen-bond acceptors (Lipinski definition) is 4. The minimum absolute atomic E-state index is 0.129. The molecular formula is C20H26O5. The third-order valence-corrected chi connectivity index (χ3v) is 6.32. The van der Waals surface area contributed by atoms with Gasteiger partial charge in [-0.2, -0.15) is 0 Å². The van der Waals surface area contributed by atoms with E-state index < -0.39 is 29.4 Å². The fourth-order valence-electron chi connectivity index (χ4n) is 4.64. The Hall–Kier alpha value is -2.04. The van der Waals surface area contributed by atoms with Crippen LogP contribution in [0.3, 0.4) is 0 Å². The molecule has 2 aliphatic rings. The number of carbonyl (C=O) groups excluding carboxylic acids is 1. The minimum atomic E-state index is -0.805. The SMILES string of the molecule is CC=C(C)C(=O)OC1c2c(C)coc2CC2CCCC(C(=O)O)C21C. The summed E-state index contributed by atoms with van der Waals surface area (Å²) in [6.07, 6.45) is 5.93. The Morgan fingerprint density at radius 1 is 1.40 bits per heavy atom. The predicted octanol–water partition coefficient (Wildman–Crippen LogP) is 4.20. The molecule has 1 fully saturated rings. The first-order valence-corrected chi connectivity index (χ1v) is 8.94. The Morgan fingerprint density at radius 2 is 2.12 bits per heavy atom. The number of furan rings is 1. The van der Waals surface area contributed by atoms with E-state index in [9.17, 15) is 14.7 Å². The lowest BCUT2D eigenvalue weighted by Gasteiger charge is -2.52. The van der Waals surface area contributed by atoms with Crippen LogP contribution in [0.2, 0.25) is 0 Å². The molecule has 136 valence electrons. The molecule has 0 bridgehead atoms. The number of carbonyl (C=O) groups is 2. The zero-order valence-electron chi connectivity index (χ0n) is 15.3. The minimum Gasteiger partial charge on any atom is -0.481 e. The van der Waals surface area contributed by atoms with Crippen molar-refractivity contribution in [3.05, 3.63) is 34.8 Å². The molecule has 5 heteroatoms. The molecular weight excluding hydrogens is 320 g/mol. The summed E-state index contributed by atoms with van der Waals surface area (Å²) in [5, 5.41) is 9.84. The molecule has 1 heterocycles. The number of esters is 1. The van der Waals surface area contributed by atoms with E-state index in [2.05, 4.69) is 0 Å². The van der Waals surface area contributed by atoms with E-state index >= 15 is 0 Å². The highest BCUT2D eigenvalue weighted by Crippen LogP contribution is 2.59. The largest absolute Gasteiger partial charge is 0.481 e. The van der Waals surface area contributed by atoms with Crippen molar-refractivity contribution in [1.82, 2.24) is 0 Å². The summed E-state index contributed by atoms with van der Waals surface area (Å²) in [6.45, 7) is 7.41. The number of aliphatic carboxylic acids is 1. The van der Waals surface area contributed by atoms with Gasteiger partial charge in [0.2, 0.25) is 0 Å². The topological polar surface area (TPSA) is 76.7 Å². The molecule has 25 heavy (non-hydrogen) atoms. The maximum atomic E-state index is 12.5. The molecule has 3 rings (SSSR count). The number of ether oxygens (including phenoxy) is 1. The Labute approximate surface area is 148 Å². The fourth-order valence-corrected chi connectivity index (χ4v) is 4.64. The van der Waals surface area contributed by atoms with E-state index in [0.717, 1.165) is 29.7 Å². The van der Waals surface area contributed by atoms with Crippen molar-refractivity contribution in [2.24, 2.45) is 17.3 Å². The number of fused-ring (bicyclic) bond motifs is 2. The van der Waals surface area contributed by atoms with Crippen LogP contribution >= 0.6 is 0 Å². The second-order valence-corrected chi connectivity index (χ2v) is 7.60. The van der Waals surface area contributed by atoms with Gasteiger partial charge in [0.25, 0.3) is 0 Å². The zero-order valence-corrected chi connectivity index (χ0v) is 15.3. The van der Waals surface area contributed by atoms with Gasteiger partial charge in [0.05, 0.1) is 12.2 Å². The summed E-state index contributed by atoms with van der Waals surface area (Å²) in [6, 6.07) is 0. The molecule has 2 aliphatic carbocycles. The Kier molecular flexibility index (Phi) is 4.52. The summed E-state index contributed by atoms with van der Waals surface area (Å²) in [7, 11) is 0. The first-order chi connectivity index (χ1) is 11.8. The van der Waals surface area contributed by atoms with Gasteiger partial charge in [-0.15, -0.1) is 0 Å². The Morgan fingerprint density at radius 3 is 2.76 bits per heavy atom. The third kappa shape index (κ3) is 2.70. The van der Waals surface area contributed by atoms with Crippen molar-refractivity contribution in [2.75, 3.05) is 0 Å². The quantitative estimate of drug-likeness (QED) is 0.655. The molecule has 0 amide bonds. The molecule has 4 unspecified atom stereocenters. The maximum Gasteiger partial charge on any atom is 0.334 e. The molecule has 1 aromatic rings. The average Bonchev–Trinajstić information content (AvgIpc) is 2.94. The molecule has 0 aromatic carbocycles. The molecule has 1 aromatic heterocycles. The standard InChI is InChI=1S/C20H26O5/c1-5-11(2)19(23)25-17-16-12(3)10-24-15(16)9-13-7-6-8-14(18(21)22)20(13,17)4/h5,10,13-14,17H,6-9H2,1-4H3,(H,21,22). The van der Waals surface area contributed by atoms with Crippen LogP contribution in [-0.2, 0) is 20.7 Å². The zero-order chi connectivity index (χ0) is 18.4. The molecule has 4 atom stereocenters. The Balaban J connectivity index is 2.11. The van der Waals surface area contributed by atoms with Crippen LogP contribution in [0, 0.1) is 24.2 Å². The van der Waals surface area contributed by atoms with E-state index in [1.165, 1.54) is 0 Å². The maximum absolute atomic E-state index is 12.5. The second-order valence-electron chi connectivity index (χ2n) is 7.60. The lowest BCUT2D eigenvalue weighted by atomic mass is 9.53. The van der Waals surface area contributed by atoms with Gasteiger partial charge in [-0.25, -0.2) is 4.79 Å². The highest BCUT2D eigenvalue weighted by molar-refractivity contribution is 5.88. The molecule has 1 saturated carbocycles. The third-order valence-electron chi connectivity index (χ3n) is 6.32. The highest BCUT2D eigenvalue weighted by atomic mass is 16.5. The van der Waals surface area contributed by atoms with Crippen LogP contribution in [0.1, 0.15) is 63.0 Å². The van der Waals surface area contributed by atoms with Gasteiger partial charge in [0, 0.05) is 23.0 Å². The van der Waals surface area contributed by atoms with Crippen LogP contribution in [0.5, 0.6) is 0 Å². The molecule has 1 N–H and O–H groups in total. The summed E-state index contributed by atoms with van der Waals surface area (Å²) < 4.78 is 11.7. The van der Waals surface area contributed by atoms with E-state index in [0.29, 0.717) is 18.4 Å². The lowest BCUT2D eigenvalue weighted by molar-refractivity contribution is -0.177. The first-order valence-electron chi connectivity index (χ1n) is 8.94. The van der Waals surface area contributed by atoms with Crippen LogP contribution < -0.4 is 0 Å². The van der Waals surface area contributed by atoms with Gasteiger partial charge in [-0.05, 0) is 45.1 Å². The van der Waals surface area contributed by atoms with E-state index in [-0.39, 0.29) is 5.92 Å². The van der Waals surface area contributed by atoms with Gasteiger partial charge in [-0.1, -0.05) is 19.4 Å². The van der Waals surface area contributed by atoms with Crippen LogP contribution in [0.25, 0.3) is 0 Å². The fraction of sp³-hybridized carbons (Fsp3) is 0.600. The number of rotatable bonds is 3. The van der Waals surface area contributed by atoms with Crippen molar-refractivity contribution in [3.63, 3.8) is 0 Å². The van der Waals surface area contributed by atoms with Crippen molar-refractivity contribution in [3.8, 4) is 0 Å². The summed E-state index contributed by atoms with van der Waals surface area (Å²) in [5.41, 5.74) is 1.68. The smallest absolute Gasteiger partial charge is 0.334 e. The van der Waals surface area contributed by atoms with Crippen LogP contribution in [0.15, 0.2) is 22.3 Å². The Bertz CT molecular complexity index is 728. The molecule has 0 radical (unpaired) electrons. The van der Waals surface area contributed by atoms with Crippen molar-refractivity contribution < 1.29 is 23.8 Å². The monoisotopic (exact) mass is 346 g/mol. The molecule has 0 spiro atoms. The van der Waals surface area contributed by atoms with Crippen molar-refractivity contribution >= 4 is 11.9 Å². The van der Waals surface area contributed by atoms with Gasteiger partial charge in [0.15, 0.2) is 0 Å². The van der Waals surface area contributed by atoms with Gasteiger partial charge in [0.1, 0.15) is 11.9 Å². The number of aryl methyl sites for hydroxylation is 1. The molecule has 5 nitrogen and oxygen atoms in total. The van der Waals surface area contributed by atoms with Gasteiger partial charge >= 0.3 is 11.9 Å². The second kappa shape index (κ2) is 6.36. The highest BCUT2D eigenvalue weighted by Gasteiger charge is 2.58. The molecule has 0 aliphatic heterocycles. The predicted molar refractivity (Wildman–Crippen MR) is 92.0 cm³/mol. The lowest BCUT2D eigenvalue weighted by Crippen LogP contribution is -2.51. The van der Waals surface area contributed by atoms with E-state index in [1.807, 2.05) is 13.8 Å². The van der Waals surface area contributed by atoms with E-state index in [4.69, 9.17) is 9.15 Å². The first kappa shape index (κ1) is 17.8. The number of allylic oxidation sites excluding steroid dienone is 1. The summed E-state index contributed by atoms with van der Waals surface area (Å²) >= 11 is 0. The summed E-state index contributed by atoms with van der Waals surface area (Å²) in [5.74, 6) is -0.764. The van der Waals surface area contributed by atoms with Gasteiger partial charge in [-0.3, -0.25) is 4.79 Å². The van der Waals surface area contributed by atoms with Gasteiger partial charge < -0.3 is 14.3 Å². The van der Waals surface area contributed by atoms with Crippen molar-refractivity contribution in [1.29, 1.82) is 0 Å². The van der Waals surface area contributed by atoms with E-state index in [1.54, 1.807) is 26.2 Å². The molecule has 0 saturated heterocycles. The van der Waals surface area contributed by atoms with Crippen LogP contribution in [-0.4, -0.2) is 17.0 Å². The summed E-state index contributed by atoms with van der Waals surface area (Å²) in [4.78, 5) is 24.5. The number of carboxylic acids is 1. The number of hydrogen-bond donors (Lipinski definition) is 1. The normalized spacial score (nSPS) is 31.8. The van der Waals surface area contributed by atoms with Crippen LogP contribution in [0.4, 0.5) is 0 Å². The van der Waals surface area contributed by atoms with Crippen molar-refractivity contribution in [2.45, 2.75) is 59.5 Å².